The first kappa shape index (κ1) is 26.0. The smallest absolute Gasteiger partial charge is 0.257 e. The van der Waals surface area contributed by atoms with Gasteiger partial charge in [0.2, 0.25) is 0 Å². The molecule has 182 valence electrons. The molecule has 2 aromatic carbocycles. The third-order valence-corrected chi connectivity index (χ3v) is 6.22. The van der Waals surface area contributed by atoms with Crippen molar-refractivity contribution in [1.82, 2.24) is 9.55 Å². The quantitative estimate of drug-likeness (QED) is 0.416. The summed E-state index contributed by atoms with van der Waals surface area (Å²) in [5.74, 6) is -0.0242. The molecule has 0 aliphatic heterocycles. The van der Waals surface area contributed by atoms with Crippen molar-refractivity contribution in [3.8, 4) is 17.2 Å². The Morgan fingerprint density at radius 2 is 1.89 bits per heavy atom. The number of unbranched alkanes of at least 4 members (excludes halogenated alkanes) is 1. The highest BCUT2D eigenvalue weighted by molar-refractivity contribution is 5.83. The summed E-state index contributed by atoms with van der Waals surface area (Å²) in [5, 5.41) is 9.38. The SMILES string of the molecule is CCCCc1nc(C)n(CC(=O)C(C)(C)C)c(=O)c1Cc1ccc(-c2ccccc2C#N)cc1F. The van der Waals surface area contributed by atoms with E-state index in [1.807, 2.05) is 20.8 Å². The lowest BCUT2D eigenvalue weighted by Gasteiger charge is -2.20. The molecule has 0 amide bonds. The van der Waals surface area contributed by atoms with Gasteiger partial charge in [0.05, 0.1) is 23.9 Å². The third kappa shape index (κ3) is 5.92. The van der Waals surface area contributed by atoms with Crippen LogP contribution in [0.25, 0.3) is 11.1 Å². The molecule has 6 heteroatoms. The van der Waals surface area contributed by atoms with Crippen LogP contribution in [0, 0.1) is 29.5 Å². The summed E-state index contributed by atoms with van der Waals surface area (Å²) in [6.07, 6.45) is 2.50. The maximum absolute atomic E-state index is 15.3. The minimum absolute atomic E-state index is 0.0609. The maximum Gasteiger partial charge on any atom is 0.257 e. The number of ketones is 1. The molecular weight excluding hydrogens is 441 g/mol. The van der Waals surface area contributed by atoms with Crippen molar-refractivity contribution in [2.24, 2.45) is 5.41 Å². The first-order valence-corrected chi connectivity index (χ1v) is 12.0. The Hall–Kier alpha value is -3.59. The average Bonchev–Trinajstić information content (AvgIpc) is 2.82. The molecule has 0 spiro atoms. The van der Waals surface area contributed by atoms with E-state index >= 15 is 4.39 Å². The zero-order valence-electron chi connectivity index (χ0n) is 21.1. The summed E-state index contributed by atoms with van der Waals surface area (Å²) < 4.78 is 16.7. The molecule has 3 rings (SSSR count). The number of carbonyl (C=O) groups is 1. The highest BCUT2D eigenvalue weighted by Crippen LogP contribution is 2.26. The Morgan fingerprint density at radius 3 is 2.51 bits per heavy atom. The van der Waals surface area contributed by atoms with Crippen molar-refractivity contribution in [2.75, 3.05) is 0 Å². The van der Waals surface area contributed by atoms with Crippen LogP contribution in [-0.2, 0) is 24.2 Å². The molecule has 0 aliphatic rings. The summed E-state index contributed by atoms with van der Waals surface area (Å²) in [6, 6.07) is 14.0. The van der Waals surface area contributed by atoms with Gasteiger partial charge >= 0.3 is 0 Å². The second-order valence-electron chi connectivity index (χ2n) is 9.89. The van der Waals surface area contributed by atoms with Gasteiger partial charge in [-0.15, -0.1) is 0 Å². The molecule has 0 atom stereocenters. The number of carbonyl (C=O) groups excluding carboxylic acids is 1. The molecule has 0 bridgehead atoms. The fourth-order valence-corrected chi connectivity index (χ4v) is 3.93. The number of rotatable bonds is 8. The minimum Gasteiger partial charge on any atom is -0.297 e. The van der Waals surface area contributed by atoms with Crippen LogP contribution in [0.3, 0.4) is 0 Å². The molecule has 5 nitrogen and oxygen atoms in total. The van der Waals surface area contributed by atoms with E-state index in [0.29, 0.717) is 45.8 Å². The van der Waals surface area contributed by atoms with Gasteiger partial charge in [0, 0.05) is 17.4 Å². The highest BCUT2D eigenvalue weighted by Gasteiger charge is 2.24. The van der Waals surface area contributed by atoms with Crippen molar-refractivity contribution in [1.29, 1.82) is 5.26 Å². The number of benzene rings is 2. The molecule has 0 saturated carbocycles. The van der Waals surface area contributed by atoms with Gasteiger partial charge in [-0.05, 0) is 48.6 Å². The van der Waals surface area contributed by atoms with Crippen molar-refractivity contribution in [3.63, 3.8) is 0 Å². The second kappa shape index (κ2) is 10.8. The maximum atomic E-state index is 15.3. The fourth-order valence-electron chi connectivity index (χ4n) is 3.93. The van der Waals surface area contributed by atoms with E-state index in [0.717, 1.165) is 12.8 Å². The van der Waals surface area contributed by atoms with Crippen LogP contribution in [0.1, 0.15) is 68.7 Å². The summed E-state index contributed by atoms with van der Waals surface area (Å²) in [5.41, 5.74) is 2.30. The number of aryl methyl sites for hydroxylation is 2. The van der Waals surface area contributed by atoms with E-state index in [1.54, 1.807) is 43.3 Å². The zero-order valence-corrected chi connectivity index (χ0v) is 21.1. The molecule has 1 heterocycles. The van der Waals surface area contributed by atoms with Crippen LogP contribution in [0.2, 0.25) is 0 Å². The lowest BCUT2D eigenvalue weighted by Crippen LogP contribution is -2.35. The van der Waals surface area contributed by atoms with Crippen LogP contribution in [-0.4, -0.2) is 15.3 Å². The van der Waals surface area contributed by atoms with Gasteiger partial charge in [-0.25, -0.2) is 9.37 Å². The van der Waals surface area contributed by atoms with Crippen molar-refractivity contribution in [3.05, 3.63) is 86.8 Å². The van der Waals surface area contributed by atoms with Gasteiger partial charge < -0.3 is 0 Å². The van der Waals surface area contributed by atoms with Crippen molar-refractivity contribution in [2.45, 2.75) is 66.8 Å². The largest absolute Gasteiger partial charge is 0.297 e. The normalized spacial score (nSPS) is 11.3. The first-order valence-electron chi connectivity index (χ1n) is 12.0. The van der Waals surface area contributed by atoms with E-state index in [1.165, 1.54) is 10.6 Å². The van der Waals surface area contributed by atoms with Gasteiger partial charge in [-0.1, -0.05) is 64.4 Å². The standard InChI is InChI=1S/C29H32FN3O2/c1-6-7-12-26-24(28(35)33(19(2)32-26)18-27(34)29(3,4)5)15-21-14-13-20(16-25(21)30)23-11-9-8-10-22(23)17-31/h8-11,13-14,16H,6-7,12,15,18H2,1-5H3. The monoisotopic (exact) mass is 473 g/mol. The van der Waals surface area contributed by atoms with E-state index < -0.39 is 11.2 Å². The Labute approximate surface area is 206 Å². The summed E-state index contributed by atoms with van der Waals surface area (Å²) in [4.78, 5) is 30.9. The summed E-state index contributed by atoms with van der Waals surface area (Å²) in [7, 11) is 0. The lowest BCUT2D eigenvalue weighted by atomic mass is 9.90. The van der Waals surface area contributed by atoms with Crippen LogP contribution < -0.4 is 5.56 Å². The van der Waals surface area contributed by atoms with E-state index in [-0.39, 0.29) is 24.3 Å². The Kier molecular flexibility index (Phi) is 8.01. The number of hydrogen-bond acceptors (Lipinski definition) is 4. The average molecular weight is 474 g/mol. The predicted molar refractivity (Wildman–Crippen MR) is 136 cm³/mol. The van der Waals surface area contributed by atoms with E-state index in [4.69, 9.17) is 0 Å². The lowest BCUT2D eigenvalue weighted by molar-refractivity contribution is -0.127. The molecule has 0 aliphatic carbocycles. The molecule has 0 N–H and O–H groups in total. The summed E-state index contributed by atoms with van der Waals surface area (Å²) in [6.45, 7) is 9.20. The second-order valence-corrected chi connectivity index (χ2v) is 9.89. The molecular formula is C29H32FN3O2. The Bertz CT molecular complexity index is 1340. The number of Topliss-reactive ketones (excluding diaryl/α,β-unsaturated/α-hetero) is 1. The number of nitrogens with zero attached hydrogens (tertiary/aromatic N) is 3. The Morgan fingerprint density at radius 1 is 1.17 bits per heavy atom. The fraction of sp³-hybridized carbons (Fsp3) is 0.379. The number of hydrogen-bond donors (Lipinski definition) is 0. The molecule has 0 unspecified atom stereocenters. The van der Waals surface area contributed by atoms with E-state index in [2.05, 4.69) is 18.0 Å². The predicted octanol–water partition coefficient (Wildman–Crippen LogP) is 5.78. The number of nitriles is 1. The molecule has 0 radical (unpaired) electrons. The van der Waals surface area contributed by atoms with Gasteiger partial charge in [-0.2, -0.15) is 5.26 Å². The van der Waals surface area contributed by atoms with Gasteiger partial charge in [0.1, 0.15) is 11.6 Å². The molecule has 3 aromatic rings. The topological polar surface area (TPSA) is 75.8 Å². The van der Waals surface area contributed by atoms with Crippen molar-refractivity contribution >= 4 is 5.78 Å². The number of aromatic nitrogens is 2. The van der Waals surface area contributed by atoms with Crippen LogP contribution in [0.4, 0.5) is 4.39 Å². The molecule has 35 heavy (non-hydrogen) atoms. The van der Waals surface area contributed by atoms with Gasteiger partial charge in [-0.3, -0.25) is 14.2 Å². The van der Waals surface area contributed by atoms with Crippen LogP contribution in [0.15, 0.2) is 47.3 Å². The van der Waals surface area contributed by atoms with Crippen LogP contribution in [0.5, 0.6) is 0 Å². The minimum atomic E-state index is -0.589. The number of halogens is 1. The molecule has 0 fully saturated rings. The van der Waals surface area contributed by atoms with Gasteiger partial charge in [0.15, 0.2) is 5.78 Å². The zero-order chi connectivity index (χ0) is 25.8. The van der Waals surface area contributed by atoms with E-state index in [9.17, 15) is 14.9 Å². The summed E-state index contributed by atoms with van der Waals surface area (Å²) >= 11 is 0. The highest BCUT2D eigenvalue weighted by atomic mass is 19.1. The third-order valence-electron chi connectivity index (χ3n) is 6.22. The molecule has 0 saturated heterocycles. The first-order chi connectivity index (χ1) is 16.6. The molecule has 1 aromatic heterocycles. The van der Waals surface area contributed by atoms with Crippen LogP contribution >= 0.6 is 0 Å². The van der Waals surface area contributed by atoms with Crippen molar-refractivity contribution < 1.29 is 9.18 Å². The van der Waals surface area contributed by atoms with Gasteiger partial charge in [0.25, 0.3) is 5.56 Å². The Balaban J connectivity index is 2.05.